The molecule has 1 heterocycles. The van der Waals surface area contributed by atoms with Gasteiger partial charge in [-0.3, -0.25) is 24.1 Å². The summed E-state index contributed by atoms with van der Waals surface area (Å²) in [6.45, 7) is 19.2. The first-order valence-corrected chi connectivity index (χ1v) is 23.4. The van der Waals surface area contributed by atoms with Crippen LogP contribution in [0.3, 0.4) is 0 Å². The van der Waals surface area contributed by atoms with Crippen molar-refractivity contribution in [3.05, 3.63) is 71.3 Å². The standard InChI is InChI=1S/C51H81N5O8/c1-15-35(8)46(55(11)50(60)44(33(4)5)53-49(59)45(34(6)7)54(10)31-39-24-19-23-38(28-39)27-32(2)3)42(62-12)30-43(57)56-26-20-25-41(56)47(63-13)36(9)48(58)52-40(51(61)64-14)29-37-21-17-16-18-22-37/h16-19,21-24,28,32-36,40-42,44-47H,15,20,25-27,29-31H2,1-14H3,(H,52,58)(H,53,59)/t35-,36+,40-,41-,42+,44-,45-,46-,47+/m0/s1. The van der Waals surface area contributed by atoms with Crippen molar-refractivity contribution in [1.82, 2.24) is 25.3 Å². The Morgan fingerprint density at radius 3 is 1.98 bits per heavy atom. The number of carbonyl (C=O) groups excluding carboxylic acids is 5. The number of esters is 1. The van der Waals surface area contributed by atoms with Gasteiger partial charge in [0.15, 0.2) is 0 Å². The SMILES string of the molecule is CC[C@H](C)[C@@H]([C@@H](CC(=O)N1CCC[C@H]1[C@H](OC)[C@@H](C)C(=O)N[C@@H](Cc1ccccc1)C(=O)OC)OC)N(C)C(=O)[C@@H](NC(=O)[C@H](C(C)C)N(C)Cc1cccc(CC(C)C)c1)C(C)C. The summed E-state index contributed by atoms with van der Waals surface area (Å²) in [6.07, 6.45) is 1.99. The monoisotopic (exact) mass is 892 g/mol. The number of likely N-dealkylation sites (tertiary alicyclic amines) is 1. The van der Waals surface area contributed by atoms with Crippen LogP contribution in [0.15, 0.2) is 54.6 Å². The molecule has 2 N–H and O–H groups in total. The Bertz CT molecular complexity index is 1790. The zero-order valence-electron chi connectivity index (χ0n) is 41.4. The van der Waals surface area contributed by atoms with Crippen molar-refractivity contribution < 1.29 is 38.2 Å². The average molecular weight is 892 g/mol. The number of nitrogens with zero attached hydrogens (tertiary/aromatic N) is 3. The minimum Gasteiger partial charge on any atom is -0.467 e. The van der Waals surface area contributed by atoms with Crippen LogP contribution in [0, 0.1) is 29.6 Å². The predicted octanol–water partition coefficient (Wildman–Crippen LogP) is 6.30. The van der Waals surface area contributed by atoms with E-state index >= 15 is 0 Å². The molecule has 0 saturated carbocycles. The molecule has 1 fully saturated rings. The van der Waals surface area contributed by atoms with E-state index in [0.29, 0.717) is 25.4 Å². The quantitative estimate of drug-likeness (QED) is 0.110. The number of ether oxygens (including phenoxy) is 3. The fraction of sp³-hybridized carbons (Fsp3) is 0.667. The molecule has 13 heteroatoms. The van der Waals surface area contributed by atoms with Crippen molar-refractivity contribution in [2.24, 2.45) is 29.6 Å². The van der Waals surface area contributed by atoms with Crippen LogP contribution in [-0.4, -0.2) is 129 Å². The number of amides is 4. The van der Waals surface area contributed by atoms with Gasteiger partial charge < -0.3 is 34.6 Å². The molecular formula is C51H81N5O8. The minimum atomic E-state index is -0.898. The number of hydrogen-bond donors (Lipinski definition) is 2. The average Bonchev–Trinajstić information content (AvgIpc) is 3.74. The third-order valence-corrected chi connectivity index (χ3v) is 13.0. The number of rotatable bonds is 25. The molecule has 1 aliphatic rings. The lowest BCUT2D eigenvalue weighted by atomic mass is 9.89. The van der Waals surface area contributed by atoms with Crippen molar-refractivity contribution in [3.8, 4) is 0 Å². The molecule has 1 aliphatic heterocycles. The molecule has 1 saturated heterocycles. The molecular weight excluding hydrogens is 811 g/mol. The normalized spacial score (nSPS) is 18.0. The van der Waals surface area contributed by atoms with E-state index in [0.717, 1.165) is 30.4 Å². The molecule has 64 heavy (non-hydrogen) atoms. The highest BCUT2D eigenvalue weighted by Gasteiger charge is 2.43. The first kappa shape index (κ1) is 54.0. The smallest absolute Gasteiger partial charge is 0.328 e. The molecule has 2 aromatic rings. The van der Waals surface area contributed by atoms with E-state index in [2.05, 4.69) is 53.6 Å². The highest BCUT2D eigenvalue weighted by atomic mass is 16.5. The Morgan fingerprint density at radius 2 is 1.42 bits per heavy atom. The van der Waals surface area contributed by atoms with E-state index in [1.54, 1.807) is 30.9 Å². The highest BCUT2D eigenvalue weighted by molar-refractivity contribution is 5.90. The van der Waals surface area contributed by atoms with Crippen molar-refractivity contribution in [2.75, 3.05) is 42.0 Å². The van der Waals surface area contributed by atoms with Gasteiger partial charge in [0.1, 0.15) is 12.1 Å². The molecule has 4 amide bonds. The largest absolute Gasteiger partial charge is 0.467 e. The number of hydrogen-bond acceptors (Lipinski definition) is 9. The van der Waals surface area contributed by atoms with Gasteiger partial charge >= 0.3 is 5.97 Å². The van der Waals surface area contributed by atoms with Gasteiger partial charge in [0, 0.05) is 40.8 Å². The Morgan fingerprint density at radius 1 is 0.781 bits per heavy atom. The van der Waals surface area contributed by atoms with E-state index in [1.807, 2.05) is 78.9 Å². The molecule has 0 unspecified atom stereocenters. The van der Waals surface area contributed by atoms with Crippen molar-refractivity contribution in [3.63, 3.8) is 0 Å². The van der Waals surface area contributed by atoms with E-state index in [4.69, 9.17) is 14.2 Å². The van der Waals surface area contributed by atoms with Gasteiger partial charge in [0.2, 0.25) is 23.6 Å². The van der Waals surface area contributed by atoms with E-state index in [1.165, 1.54) is 19.8 Å². The molecule has 3 rings (SSSR count). The molecule has 0 spiro atoms. The highest BCUT2D eigenvalue weighted by Crippen LogP contribution is 2.30. The van der Waals surface area contributed by atoms with Gasteiger partial charge in [-0.25, -0.2) is 4.79 Å². The number of methoxy groups -OCH3 is 3. The first-order valence-electron chi connectivity index (χ1n) is 23.4. The topological polar surface area (TPSA) is 147 Å². The summed E-state index contributed by atoms with van der Waals surface area (Å²) in [4.78, 5) is 75.3. The minimum absolute atomic E-state index is 0.00454. The maximum absolute atomic E-state index is 14.6. The molecule has 2 aromatic carbocycles. The predicted molar refractivity (Wildman–Crippen MR) is 252 cm³/mol. The fourth-order valence-corrected chi connectivity index (χ4v) is 9.49. The lowest BCUT2D eigenvalue weighted by Crippen LogP contribution is -2.60. The second-order valence-electron chi connectivity index (χ2n) is 19.1. The van der Waals surface area contributed by atoms with Crippen LogP contribution in [-0.2, 0) is 57.6 Å². The summed E-state index contributed by atoms with van der Waals surface area (Å²) in [6, 6.07) is 14.8. The zero-order chi connectivity index (χ0) is 47.8. The van der Waals surface area contributed by atoms with Gasteiger partial charge in [0.25, 0.3) is 0 Å². The van der Waals surface area contributed by atoms with Gasteiger partial charge in [-0.15, -0.1) is 0 Å². The van der Waals surface area contributed by atoms with Gasteiger partial charge in [-0.2, -0.15) is 0 Å². The molecule has 9 atom stereocenters. The maximum Gasteiger partial charge on any atom is 0.328 e. The molecule has 0 aliphatic carbocycles. The molecule has 0 radical (unpaired) electrons. The summed E-state index contributed by atoms with van der Waals surface area (Å²) < 4.78 is 17.1. The third-order valence-electron chi connectivity index (χ3n) is 13.0. The molecule has 0 aromatic heterocycles. The lowest BCUT2D eigenvalue weighted by Gasteiger charge is -2.41. The maximum atomic E-state index is 14.6. The van der Waals surface area contributed by atoms with E-state index in [9.17, 15) is 24.0 Å². The molecule has 0 bridgehead atoms. The summed E-state index contributed by atoms with van der Waals surface area (Å²) in [5.74, 6) is -2.02. The first-order chi connectivity index (χ1) is 30.3. The van der Waals surface area contributed by atoms with Gasteiger partial charge in [0.05, 0.1) is 49.8 Å². The van der Waals surface area contributed by atoms with Crippen molar-refractivity contribution in [2.45, 2.75) is 150 Å². The van der Waals surface area contributed by atoms with Gasteiger partial charge in [-0.05, 0) is 66.7 Å². The Hall–Kier alpha value is -4.33. The Kier molecular flexibility index (Phi) is 21.9. The van der Waals surface area contributed by atoms with Crippen molar-refractivity contribution in [1.29, 1.82) is 0 Å². The van der Waals surface area contributed by atoms with E-state index in [-0.39, 0.29) is 54.2 Å². The van der Waals surface area contributed by atoms with Crippen LogP contribution in [0.25, 0.3) is 0 Å². The number of likely N-dealkylation sites (N-methyl/N-ethyl adjacent to an activating group) is 2. The lowest BCUT2D eigenvalue weighted by molar-refractivity contribution is -0.149. The van der Waals surface area contributed by atoms with Crippen LogP contribution in [0.1, 0.15) is 105 Å². The fourth-order valence-electron chi connectivity index (χ4n) is 9.49. The summed E-state index contributed by atoms with van der Waals surface area (Å²) in [5, 5.41) is 6.03. The van der Waals surface area contributed by atoms with Crippen molar-refractivity contribution >= 4 is 29.6 Å². The van der Waals surface area contributed by atoms with Crippen LogP contribution in [0.4, 0.5) is 0 Å². The number of carbonyl (C=O) groups is 5. The Labute approximate surface area is 384 Å². The van der Waals surface area contributed by atoms with Crippen LogP contribution >= 0.6 is 0 Å². The van der Waals surface area contributed by atoms with Crippen LogP contribution in [0.2, 0.25) is 0 Å². The van der Waals surface area contributed by atoms with Crippen LogP contribution in [0.5, 0.6) is 0 Å². The van der Waals surface area contributed by atoms with Crippen LogP contribution < -0.4 is 10.6 Å². The second kappa shape index (κ2) is 26.0. The second-order valence-corrected chi connectivity index (χ2v) is 19.1. The summed E-state index contributed by atoms with van der Waals surface area (Å²) in [7, 11) is 8.09. The number of nitrogens with one attached hydrogen (secondary N) is 2. The zero-order valence-corrected chi connectivity index (χ0v) is 41.4. The van der Waals surface area contributed by atoms with Gasteiger partial charge in [-0.1, -0.05) is 123 Å². The molecule has 13 nitrogen and oxygen atoms in total. The third kappa shape index (κ3) is 14.9. The molecule has 358 valence electrons. The summed E-state index contributed by atoms with van der Waals surface area (Å²) >= 11 is 0. The Balaban J connectivity index is 1.79. The van der Waals surface area contributed by atoms with E-state index < -0.39 is 54.3 Å². The summed E-state index contributed by atoms with van der Waals surface area (Å²) in [5.41, 5.74) is 3.28. The number of benzene rings is 2.